The summed E-state index contributed by atoms with van der Waals surface area (Å²) in [7, 11) is 0. The van der Waals surface area contributed by atoms with E-state index in [1.165, 1.54) is 12.8 Å². The van der Waals surface area contributed by atoms with E-state index in [1.807, 2.05) is 23.0 Å². The van der Waals surface area contributed by atoms with Crippen LogP contribution in [0.3, 0.4) is 0 Å². The molecular formula is C19H26N6O. The summed E-state index contributed by atoms with van der Waals surface area (Å²) in [5.41, 5.74) is 1.44. The van der Waals surface area contributed by atoms with Crippen LogP contribution in [0.5, 0.6) is 0 Å². The number of nitrogens with one attached hydrogen (secondary N) is 1. The number of hydrogen-bond acceptors (Lipinski definition) is 4. The minimum atomic E-state index is 0.337. The SMILES string of the molecule is CCNC(=NCc1ccc(-n2ccnc2)nc1)N1CCC2(CCOC2)C1. The van der Waals surface area contributed by atoms with Crippen molar-refractivity contribution in [3.8, 4) is 5.82 Å². The van der Waals surface area contributed by atoms with Gasteiger partial charge in [-0.1, -0.05) is 6.07 Å². The van der Waals surface area contributed by atoms with Crippen LogP contribution in [0.1, 0.15) is 25.3 Å². The number of likely N-dealkylation sites (tertiary alicyclic amines) is 1. The second kappa shape index (κ2) is 7.45. The van der Waals surface area contributed by atoms with E-state index in [0.717, 1.165) is 50.2 Å². The summed E-state index contributed by atoms with van der Waals surface area (Å²) in [6.07, 6.45) is 9.64. The number of pyridine rings is 1. The number of nitrogens with zero attached hydrogens (tertiary/aromatic N) is 5. The number of guanidine groups is 1. The van der Waals surface area contributed by atoms with Gasteiger partial charge in [-0.2, -0.15) is 0 Å². The second-order valence-electron chi connectivity index (χ2n) is 7.14. The first-order valence-electron chi connectivity index (χ1n) is 9.32. The van der Waals surface area contributed by atoms with Gasteiger partial charge in [0.05, 0.1) is 13.2 Å². The Hall–Kier alpha value is -2.41. The molecule has 2 aliphatic heterocycles. The summed E-state index contributed by atoms with van der Waals surface area (Å²) >= 11 is 0. The smallest absolute Gasteiger partial charge is 0.194 e. The minimum Gasteiger partial charge on any atom is -0.381 e. The van der Waals surface area contributed by atoms with Crippen molar-refractivity contribution >= 4 is 5.96 Å². The molecular weight excluding hydrogens is 328 g/mol. The van der Waals surface area contributed by atoms with Crippen LogP contribution >= 0.6 is 0 Å². The van der Waals surface area contributed by atoms with Gasteiger partial charge in [-0.05, 0) is 31.4 Å². The van der Waals surface area contributed by atoms with Gasteiger partial charge in [0, 0.05) is 50.2 Å². The van der Waals surface area contributed by atoms with Gasteiger partial charge in [0.15, 0.2) is 5.96 Å². The lowest BCUT2D eigenvalue weighted by molar-refractivity contribution is 0.156. The van der Waals surface area contributed by atoms with Crippen LogP contribution in [0, 0.1) is 5.41 Å². The van der Waals surface area contributed by atoms with E-state index in [-0.39, 0.29) is 0 Å². The Balaban J connectivity index is 1.43. The molecule has 1 spiro atoms. The van der Waals surface area contributed by atoms with Gasteiger partial charge in [-0.25, -0.2) is 15.0 Å². The minimum absolute atomic E-state index is 0.337. The van der Waals surface area contributed by atoms with Gasteiger partial charge in [0.2, 0.25) is 0 Å². The molecule has 4 rings (SSSR count). The van der Waals surface area contributed by atoms with Crippen molar-refractivity contribution in [1.82, 2.24) is 24.8 Å². The topological polar surface area (TPSA) is 67.6 Å². The largest absolute Gasteiger partial charge is 0.381 e. The van der Waals surface area contributed by atoms with E-state index in [0.29, 0.717) is 12.0 Å². The Morgan fingerprint density at radius 2 is 2.35 bits per heavy atom. The Morgan fingerprint density at radius 3 is 3.04 bits per heavy atom. The maximum atomic E-state index is 5.64. The first-order chi connectivity index (χ1) is 12.8. The first-order valence-corrected chi connectivity index (χ1v) is 9.32. The summed E-state index contributed by atoms with van der Waals surface area (Å²) in [4.78, 5) is 15.8. The Labute approximate surface area is 154 Å². The number of rotatable bonds is 4. The summed E-state index contributed by atoms with van der Waals surface area (Å²) in [6.45, 7) is 7.49. The van der Waals surface area contributed by atoms with E-state index in [4.69, 9.17) is 9.73 Å². The molecule has 1 N–H and O–H groups in total. The van der Waals surface area contributed by atoms with E-state index >= 15 is 0 Å². The number of hydrogen-bond donors (Lipinski definition) is 1. The zero-order chi connectivity index (χ0) is 17.8. The molecule has 2 aromatic rings. The summed E-state index contributed by atoms with van der Waals surface area (Å²) in [5, 5.41) is 3.44. The van der Waals surface area contributed by atoms with Gasteiger partial charge in [-0.15, -0.1) is 0 Å². The Bertz CT molecular complexity index is 734. The fourth-order valence-electron chi connectivity index (χ4n) is 3.74. The van der Waals surface area contributed by atoms with E-state index in [9.17, 15) is 0 Å². The van der Waals surface area contributed by atoms with Gasteiger partial charge in [-0.3, -0.25) is 4.57 Å². The molecule has 0 amide bonds. The third-order valence-electron chi connectivity index (χ3n) is 5.25. The second-order valence-corrected chi connectivity index (χ2v) is 7.14. The van der Waals surface area contributed by atoms with Crippen molar-refractivity contribution < 1.29 is 4.74 Å². The molecule has 0 aliphatic carbocycles. The molecule has 1 unspecified atom stereocenters. The van der Waals surface area contributed by atoms with Crippen LogP contribution in [-0.2, 0) is 11.3 Å². The standard InChI is InChI=1S/C19H26N6O/c1-2-21-18(24-8-5-19(13-24)6-10-26-14-19)23-12-16-3-4-17(22-11-16)25-9-7-20-15-25/h3-4,7,9,11,15H,2,5-6,8,10,12-14H2,1H3,(H,21,23). The summed E-state index contributed by atoms with van der Waals surface area (Å²) in [6, 6.07) is 4.08. The third kappa shape index (κ3) is 3.58. The number of imidazole rings is 1. The summed E-state index contributed by atoms with van der Waals surface area (Å²) in [5.74, 6) is 1.86. The fourth-order valence-corrected chi connectivity index (χ4v) is 3.74. The highest BCUT2D eigenvalue weighted by atomic mass is 16.5. The lowest BCUT2D eigenvalue weighted by atomic mass is 9.87. The molecule has 2 fully saturated rings. The first kappa shape index (κ1) is 17.0. The van der Waals surface area contributed by atoms with Crippen LogP contribution in [0.15, 0.2) is 42.0 Å². The number of ether oxygens (including phenoxy) is 1. The van der Waals surface area contributed by atoms with Crippen LogP contribution < -0.4 is 5.32 Å². The van der Waals surface area contributed by atoms with Crippen LogP contribution in [0.2, 0.25) is 0 Å². The average Bonchev–Trinajstić information content (AvgIpc) is 3.43. The monoisotopic (exact) mass is 354 g/mol. The Kier molecular flexibility index (Phi) is 4.88. The van der Waals surface area contributed by atoms with Crippen molar-refractivity contribution in [2.24, 2.45) is 10.4 Å². The molecule has 26 heavy (non-hydrogen) atoms. The normalized spacial score (nSPS) is 23.1. The lowest BCUT2D eigenvalue weighted by Gasteiger charge is -2.25. The molecule has 138 valence electrons. The van der Waals surface area contributed by atoms with Crippen LogP contribution in [-0.4, -0.2) is 58.2 Å². The van der Waals surface area contributed by atoms with Crippen molar-refractivity contribution in [1.29, 1.82) is 0 Å². The molecule has 7 nitrogen and oxygen atoms in total. The predicted octanol–water partition coefficient (Wildman–Crippen LogP) is 1.85. The van der Waals surface area contributed by atoms with Gasteiger partial charge in [0.25, 0.3) is 0 Å². The Morgan fingerprint density at radius 1 is 1.38 bits per heavy atom. The number of aliphatic imine (C=N–C) groups is 1. The molecule has 0 radical (unpaired) electrons. The van der Waals surface area contributed by atoms with Crippen molar-refractivity contribution in [3.63, 3.8) is 0 Å². The van der Waals surface area contributed by atoms with Crippen LogP contribution in [0.4, 0.5) is 0 Å². The van der Waals surface area contributed by atoms with Crippen LogP contribution in [0.25, 0.3) is 5.82 Å². The molecule has 0 bridgehead atoms. The highest BCUT2D eigenvalue weighted by Crippen LogP contribution is 2.38. The third-order valence-corrected chi connectivity index (χ3v) is 5.25. The molecule has 2 aromatic heterocycles. The quantitative estimate of drug-likeness (QED) is 0.670. The van der Waals surface area contributed by atoms with E-state index in [1.54, 1.807) is 12.5 Å². The summed E-state index contributed by atoms with van der Waals surface area (Å²) < 4.78 is 7.53. The molecule has 2 saturated heterocycles. The van der Waals surface area contributed by atoms with Gasteiger partial charge >= 0.3 is 0 Å². The average molecular weight is 354 g/mol. The zero-order valence-corrected chi connectivity index (χ0v) is 15.3. The molecule has 0 aromatic carbocycles. The van der Waals surface area contributed by atoms with Crippen molar-refractivity contribution in [2.75, 3.05) is 32.8 Å². The molecule has 7 heteroatoms. The van der Waals surface area contributed by atoms with Crippen molar-refractivity contribution in [2.45, 2.75) is 26.3 Å². The molecule has 4 heterocycles. The van der Waals surface area contributed by atoms with E-state index in [2.05, 4.69) is 33.2 Å². The van der Waals surface area contributed by atoms with Crippen molar-refractivity contribution in [3.05, 3.63) is 42.6 Å². The molecule has 1 atom stereocenters. The van der Waals surface area contributed by atoms with Gasteiger partial charge < -0.3 is 15.0 Å². The predicted molar refractivity (Wildman–Crippen MR) is 100 cm³/mol. The maximum Gasteiger partial charge on any atom is 0.194 e. The fraction of sp³-hybridized carbons (Fsp3) is 0.526. The van der Waals surface area contributed by atoms with E-state index < -0.39 is 0 Å². The maximum absolute atomic E-state index is 5.64. The highest BCUT2D eigenvalue weighted by Gasteiger charge is 2.42. The zero-order valence-electron chi connectivity index (χ0n) is 15.3. The van der Waals surface area contributed by atoms with Gasteiger partial charge in [0.1, 0.15) is 12.1 Å². The molecule has 2 aliphatic rings. The number of aromatic nitrogens is 3. The lowest BCUT2D eigenvalue weighted by Crippen LogP contribution is -2.41. The highest BCUT2D eigenvalue weighted by molar-refractivity contribution is 5.80. The molecule has 0 saturated carbocycles.